The molecule has 2 fully saturated rings. The molecule has 3 aliphatic heterocycles. The zero-order valence-corrected chi connectivity index (χ0v) is 21.8. The lowest BCUT2D eigenvalue weighted by Crippen LogP contribution is -2.56. The SMILES string of the molecule is O=C1CC(c2ccc(O)c(O)c2)Oc2cc(C3OC(CO)C(O)C(O)C3O)c(C3OC(CO)C(O)C(O)C3O)c(O)c21. The Morgan fingerprint density at radius 1 is 0.714 bits per heavy atom. The van der Waals surface area contributed by atoms with E-state index >= 15 is 0 Å². The summed E-state index contributed by atoms with van der Waals surface area (Å²) in [6, 6.07) is 4.92. The van der Waals surface area contributed by atoms with E-state index in [0.29, 0.717) is 0 Å². The maximum atomic E-state index is 13.4. The van der Waals surface area contributed by atoms with Crippen LogP contribution in [0.5, 0.6) is 23.0 Å². The zero-order chi connectivity index (χ0) is 30.6. The predicted octanol–water partition coefficient (Wildman–Crippen LogP) is -2.46. The molecule has 11 atom stereocenters. The van der Waals surface area contributed by atoms with Crippen LogP contribution in [0.4, 0.5) is 0 Å². The lowest BCUT2D eigenvalue weighted by atomic mass is 9.81. The van der Waals surface area contributed by atoms with E-state index in [9.17, 15) is 61.0 Å². The molecule has 5 rings (SSSR count). The summed E-state index contributed by atoms with van der Waals surface area (Å²) in [6.07, 6.45) is -18.7. The van der Waals surface area contributed by atoms with Crippen molar-refractivity contribution in [2.45, 2.75) is 73.6 Å². The average Bonchev–Trinajstić information content (AvgIpc) is 2.96. The van der Waals surface area contributed by atoms with Crippen molar-refractivity contribution in [3.63, 3.8) is 0 Å². The van der Waals surface area contributed by atoms with Crippen LogP contribution in [0.1, 0.15) is 51.8 Å². The van der Waals surface area contributed by atoms with E-state index in [1.165, 1.54) is 18.2 Å². The van der Waals surface area contributed by atoms with Gasteiger partial charge in [0.15, 0.2) is 17.3 Å². The molecule has 2 aromatic rings. The molecule has 15 heteroatoms. The van der Waals surface area contributed by atoms with Gasteiger partial charge in [-0.1, -0.05) is 6.07 Å². The van der Waals surface area contributed by atoms with Crippen LogP contribution in [0, 0.1) is 0 Å². The van der Waals surface area contributed by atoms with Crippen molar-refractivity contribution in [1.29, 1.82) is 0 Å². The first-order chi connectivity index (χ1) is 19.9. The Balaban J connectivity index is 1.67. The summed E-state index contributed by atoms with van der Waals surface area (Å²) in [5, 5.41) is 114. The van der Waals surface area contributed by atoms with Gasteiger partial charge in [0.2, 0.25) is 0 Å². The van der Waals surface area contributed by atoms with E-state index in [1.807, 2.05) is 0 Å². The summed E-state index contributed by atoms with van der Waals surface area (Å²) >= 11 is 0. The van der Waals surface area contributed by atoms with Crippen molar-refractivity contribution in [3.8, 4) is 23.0 Å². The second-order valence-corrected chi connectivity index (χ2v) is 10.6. The van der Waals surface area contributed by atoms with Crippen molar-refractivity contribution < 1.29 is 75.2 Å². The lowest BCUT2D eigenvalue weighted by Gasteiger charge is -2.44. The Hall–Kier alpha value is -3.09. The third-order valence-corrected chi connectivity index (χ3v) is 8.00. The summed E-state index contributed by atoms with van der Waals surface area (Å²) in [4.78, 5) is 13.4. The van der Waals surface area contributed by atoms with E-state index in [0.717, 1.165) is 6.07 Å². The molecule has 15 nitrogen and oxygen atoms in total. The van der Waals surface area contributed by atoms with E-state index < -0.39 is 109 Å². The van der Waals surface area contributed by atoms with E-state index in [2.05, 4.69) is 0 Å². The van der Waals surface area contributed by atoms with E-state index in [1.54, 1.807) is 0 Å². The lowest BCUT2D eigenvalue weighted by molar-refractivity contribution is -0.238. The minimum absolute atomic E-state index is 0.241. The molecule has 11 N–H and O–H groups in total. The molecule has 0 aliphatic carbocycles. The number of aliphatic hydroxyl groups is 8. The van der Waals surface area contributed by atoms with Crippen LogP contribution < -0.4 is 4.74 Å². The van der Waals surface area contributed by atoms with Gasteiger partial charge in [0, 0.05) is 5.56 Å². The van der Waals surface area contributed by atoms with Crippen molar-refractivity contribution in [3.05, 3.63) is 46.5 Å². The monoisotopic (exact) mass is 596 g/mol. The first kappa shape index (κ1) is 30.4. The summed E-state index contributed by atoms with van der Waals surface area (Å²) < 4.78 is 17.3. The number of phenols is 3. The van der Waals surface area contributed by atoms with Crippen LogP contribution in [0.3, 0.4) is 0 Å². The zero-order valence-electron chi connectivity index (χ0n) is 21.8. The van der Waals surface area contributed by atoms with Gasteiger partial charge in [-0.25, -0.2) is 0 Å². The molecule has 42 heavy (non-hydrogen) atoms. The molecule has 230 valence electrons. The normalized spacial score (nSPS) is 36.8. The fourth-order valence-electron chi connectivity index (χ4n) is 5.67. The van der Waals surface area contributed by atoms with Crippen LogP contribution >= 0.6 is 0 Å². The largest absolute Gasteiger partial charge is 0.507 e. The van der Waals surface area contributed by atoms with Gasteiger partial charge < -0.3 is 70.4 Å². The van der Waals surface area contributed by atoms with Crippen molar-refractivity contribution in [2.75, 3.05) is 13.2 Å². The number of rotatable bonds is 5. The molecule has 3 heterocycles. The van der Waals surface area contributed by atoms with E-state index in [4.69, 9.17) is 14.2 Å². The molecule has 0 spiro atoms. The number of ether oxygens (including phenoxy) is 3. The van der Waals surface area contributed by atoms with Gasteiger partial charge >= 0.3 is 0 Å². The summed E-state index contributed by atoms with van der Waals surface area (Å²) in [7, 11) is 0. The van der Waals surface area contributed by atoms with Crippen molar-refractivity contribution in [1.82, 2.24) is 0 Å². The second kappa shape index (κ2) is 11.5. The van der Waals surface area contributed by atoms with Gasteiger partial charge in [-0.3, -0.25) is 4.79 Å². The average molecular weight is 597 g/mol. The summed E-state index contributed by atoms with van der Waals surface area (Å²) in [5.41, 5.74) is -0.743. The van der Waals surface area contributed by atoms with Crippen LogP contribution in [0.2, 0.25) is 0 Å². The van der Waals surface area contributed by atoms with Gasteiger partial charge in [0.05, 0.1) is 19.6 Å². The number of hydrogen-bond acceptors (Lipinski definition) is 15. The Morgan fingerprint density at radius 3 is 1.86 bits per heavy atom. The van der Waals surface area contributed by atoms with E-state index in [-0.39, 0.29) is 28.9 Å². The topological polar surface area (TPSA) is 267 Å². The highest BCUT2D eigenvalue weighted by molar-refractivity contribution is 6.03. The van der Waals surface area contributed by atoms with Crippen LogP contribution in [0.25, 0.3) is 0 Å². The number of benzene rings is 2. The number of Topliss-reactive ketones (excluding diaryl/α,β-unsaturated/α-hetero) is 1. The molecule has 0 amide bonds. The number of aliphatic hydroxyl groups excluding tert-OH is 8. The fourth-order valence-corrected chi connectivity index (χ4v) is 5.67. The molecule has 0 aromatic heterocycles. The summed E-state index contributed by atoms with van der Waals surface area (Å²) in [6.45, 7) is -1.61. The first-order valence-electron chi connectivity index (χ1n) is 13.1. The van der Waals surface area contributed by atoms with Crippen molar-refractivity contribution >= 4 is 5.78 Å². The Kier molecular flexibility index (Phi) is 8.34. The van der Waals surface area contributed by atoms with Gasteiger partial charge in [-0.2, -0.15) is 0 Å². The number of carbonyl (C=O) groups is 1. The highest BCUT2D eigenvalue weighted by Crippen LogP contribution is 2.50. The summed E-state index contributed by atoms with van der Waals surface area (Å²) in [5.74, 6) is -2.62. The number of ketones is 1. The highest BCUT2D eigenvalue weighted by atomic mass is 16.6. The maximum absolute atomic E-state index is 13.4. The number of carbonyl (C=O) groups excluding carboxylic acids is 1. The minimum atomic E-state index is -1.94. The molecule has 0 bridgehead atoms. The third-order valence-electron chi connectivity index (χ3n) is 8.00. The van der Waals surface area contributed by atoms with Crippen molar-refractivity contribution in [2.24, 2.45) is 0 Å². The number of hydrogen-bond donors (Lipinski definition) is 11. The molecule has 11 unspecified atom stereocenters. The smallest absolute Gasteiger partial charge is 0.174 e. The Labute approximate surface area is 237 Å². The molecule has 0 radical (unpaired) electrons. The highest BCUT2D eigenvalue weighted by Gasteiger charge is 2.50. The molecule has 2 saturated heterocycles. The van der Waals surface area contributed by atoms with Gasteiger partial charge in [0.25, 0.3) is 0 Å². The Morgan fingerprint density at radius 2 is 1.29 bits per heavy atom. The predicted molar refractivity (Wildman–Crippen MR) is 136 cm³/mol. The molecule has 2 aromatic carbocycles. The minimum Gasteiger partial charge on any atom is -0.507 e. The van der Waals surface area contributed by atoms with Gasteiger partial charge in [-0.15, -0.1) is 0 Å². The van der Waals surface area contributed by atoms with Crippen LogP contribution in [-0.2, 0) is 9.47 Å². The standard InChI is InChI=1S/C27H32O15/c28-6-15-19(33)22(36)24(38)26(41-15)9-4-14-18(12(32)5-13(40-14)8-1-2-10(30)11(31)3-8)21(35)17(9)27-25(39)23(37)20(34)16(7-29)42-27/h1-4,13,15-16,19-20,22-31,33-39H,5-7H2. The van der Waals surface area contributed by atoms with Crippen LogP contribution in [-0.4, -0.2) is 124 Å². The quantitative estimate of drug-likeness (QED) is 0.160. The molecular weight excluding hydrogens is 564 g/mol. The third kappa shape index (κ3) is 4.97. The maximum Gasteiger partial charge on any atom is 0.174 e. The van der Waals surface area contributed by atoms with Crippen LogP contribution in [0.15, 0.2) is 24.3 Å². The van der Waals surface area contributed by atoms with Gasteiger partial charge in [-0.05, 0) is 29.3 Å². The number of aromatic hydroxyl groups is 3. The fraction of sp³-hybridized carbons (Fsp3) is 0.519. The second-order valence-electron chi connectivity index (χ2n) is 10.6. The number of phenolic OH excluding ortho intramolecular Hbond substituents is 3. The number of fused-ring (bicyclic) bond motifs is 1. The Bertz CT molecular complexity index is 1330. The van der Waals surface area contributed by atoms with Gasteiger partial charge in [0.1, 0.15) is 84.2 Å². The first-order valence-corrected chi connectivity index (χ1v) is 13.1. The molecule has 0 saturated carbocycles. The molecular formula is C27H32O15. The molecule has 3 aliphatic rings.